The normalized spacial score (nSPS) is 15.2. The second kappa shape index (κ2) is 7.53. The molecule has 24 heavy (non-hydrogen) atoms. The van der Waals surface area contributed by atoms with E-state index in [1.807, 2.05) is 24.0 Å². The maximum absolute atomic E-state index is 12.3. The van der Waals surface area contributed by atoms with Crippen LogP contribution < -0.4 is 10.1 Å². The molecule has 0 saturated carbocycles. The highest BCUT2D eigenvalue weighted by Crippen LogP contribution is 2.20. The van der Waals surface area contributed by atoms with E-state index in [-0.39, 0.29) is 12.1 Å². The fraction of sp³-hybridized carbons (Fsp3) is 0.333. The minimum atomic E-state index is -0.0900. The molecule has 1 N–H and O–H groups in total. The SMILES string of the molecule is Cc1ccc(OC2CCN(C(=O)Nc3ccc(Cl)cc3)CC2)cn1. The van der Waals surface area contributed by atoms with E-state index in [4.69, 9.17) is 16.3 Å². The number of benzene rings is 1. The van der Waals surface area contributed by atoms with Crippen molar-refractivity contribution in [2.45, 2.75) is 25.9 Å². The van der Waals surface area contributed by atoms with E-state index >= 15 is 0 Å². The number of hydrogen-bond acceptors (Lipinski definition) is 3. The van der Waals surface area contributed by atoms with Crippen LogP contribution in [0.5, 0.6) is 5.75 Å². The van der Waals surface area contributed by atoms with E-state index in [0.717, 1.165) is 30.0 Å². The van der Waals surface area contributed by atoms with Gasteiger partial charge in [-0.1, -0.05) is 11.6 Å². The van der Waals surface area contributed by atoms with Gasteiger partial charge in [-0.05, 0) is 43.3 Å². The molecule has 0 unspecified atom stereocenters. The predicted octanol–water partition coefficient (Wildman–Crippen LogP) is 4.12. The summed E-state index contributed by atoms with van der Waals surface area (Å²) in [5.74, 6) is 0.782. The first-order valence-corrected chi connectivity index (χ1v) is 8.39. The third kappa shape index (κ3) is 4.38. The minimum Gasteiger partial charge on any atom is -0.489 e. The van der Waals surface area contributed by atoms with Crippen molar-refractivity contribution in [3.05, 3.63) is 53.3 Å². The summed E-state index contributed by atoms with van der Waals surface area (Å²) in [5.41, 5.74) is 1.71. The number of hydrogen-bond donors (Lipinski definition) is 1. The topological polar surface area (TPSA) is 54.5 Å². The molecule has 2 amide bonds. The van der Waals surface area contributed by atoms with Gasteiger partial charge in [0.15, 0.2) is 0 Å². The number of carbonyl (C=O) groups is 1. The molecule has 0 radical (unpaired) electrons. The Balaban J connectivity index is 1.48. The molecule has 1 saturated heterocycles. The van der Waals surface area contributed by atoms with Gasteiger partial charge in [-0.25, -0.2) is 4.79 Å². The van der Waals surface area contributed by atoms with E-state index in [1.54, 1.807) is 30.5 Å². The first kappa shape index (κ1) is 16.6. The predicted molar refractivity (Wildman–Crippen MR) is 94.7 cm³/mol. The number of nitrogens with one attached hydrogen (secondary N) is 1. The number of aryl methyl sites for hydroxylation is 1. The smallest absolute Gasteiger partial charge is 0.321 e. The molecule has 6 heteroatoms. The molecule has 0 bridgehead atoms. The lowest BCUT2D eigenvalue weighted by Gasteiger charge is -2.32. The Hall–Kier alpha value is -2.27. The van der Waals surface area contributed by atoms with Crippen LogP contribution in [0.15, 0.2) is 42.6 Å². The highest BCUT2D eigenvalue weighted by Gasteiger charge is 2.24. The maximum Gasteiger partial charge on any atom is 0.321 e. The van der Waals surface area contributed by atoms with Crippen LogP contribution in [-0.4, -0.2) is 35.1 Å². The Morgan fingerprint density at radius 2 is 1.92 bits per heavy atom. The van der Waals surface area contributed by atoms with Crippen molar-refractivity contribution in [1.29, 1.82) is 0 Å². The summed E-state index contributed by atoms with van der Waals surface area (Å²) in [6.45, 7) is 3.29. The van der Waals surface area contributed by atoms with Crippen LogP contribution >= 0.6 is 11.6 Å². The molecule has 1 aromatic carbocycles. The Bertz CT molecular complexity index is 680. The maximum atomic E-state index is 12.3. The fourth-order valence-electron chi connectivity index (χ4n) is 2.63. The van der Waals surface area contributed by atoms with Gasteiger partial charge in [0.25, 0.3) is 0 Å². The van der Waals surface area contributed by atoms with Gasteiger partial charge in [0.05, 0.1) is 6.20 Å². The Kier molecular flexibility index (Phi) is 5.20. The monoisotopic (exact) mass is 345 g/mol. The number of carbonyl (C=O) groups excluding carboxylic acids is 1. The van der Waals surface area contributed by atoms with Crippen LogP contribution in [0, 0.1) is 6.92 Å². The van der Waals surface area contributed by atoms with Crippen LogP contribution in [0.25, 0.3) is 0 Å². The van der Waals surface area contributed by atoms with Crippen LogP contribution in [0.4, 0.5) is 10.5 Å². The van der Waals surface area contributed by atoms with E-state index in [2.05, 4.69) is 10.3 Å². The quantitative estimate of drug-likeness (QED) is 0.910. The minimum absolute atomic E-state index is 0.0900. The molecule has 1 aromatic heterocycles. The number of urea groups is 1. The average molecular weight is 346 g/mol. The summed E-state index contributed by atoms with van der Waals surface area (Å²) in [5, 5.41) is 3.54. The van der Waals surface area contributed by atoms with Crippen molar-refractivity contribution in [2.75, 3.05) is 18.4 Å². The average Bonchev–Trinajstić information content (AvgIpc) is 2.59. The van der Waals surface area contributed by atoms with Gasteiger partial charge in [-0.15, -0.1) is 0 Å². The molecule has 1 aliphatic rings. The molecular formula is C18H20ClN3O2. The summed E-state index contributed by atoms with van der Waals surface area (Å²) in [4.78, 5) is 18.3. The van der Waals surface area contributed by atoms with Crippen molar-refractivity contribution >= 4 is 23.3 Å². The lowest BCUT2D eigenvalue weighted by molar-refractivity contribution is 0.115. The van der Waals surface area contributed by atoms with E-state index in [1.165, 1.54) is 0 Å². The summed E-state index contributed by atoms with van der Waals surface area (Å²) in [6, 6.07) is 10.9. The molecule has 0 atom stereocenters. The van der Waals surface area contributed by atoms with E-state index in [0.29, 0.717) is 18.1 Å². The van der Waals surface area contributed by atoms with Crippen LogP contribution in [0.3, 0.4) is 0 Å². The first-order valence-electron chi connectivity index (χ1n) is 8.01. The zero-order chi connectivity index (χ0) is 16.9. The lowest BCUT2D eigenvalue weighted by atomic mass is 10.1. The Morgan fingerprint density at radius 1 is 1.21 bits per heavy atom. The highest BCUT2D eigenvalue weighted by molar-refractivity contribution is 6.30. The number of halogens is 1. The first-order chi connectivity index (χ1) is 11.6. The number of nitrogens with zero attached hydrogens (tertiary/aromatic N) is 2. The Labute approximate surface area is 146 Å². The molecule has 126 valence electrons. The zero-order valence-electron chi connectivity index (χ0n) is 13.5. The van der Waals surface area contributed by atoms with Crippen LogP contribution in [-0.2, 0) is 0 Å². The number of likely N-dealkylation sites (tertiary alicyclic amines) is 1. The van der Waals surface area contributed by atoms with Crippen molar-refractivity contribution < 1.29 is 9.53 Å². The van der Waals surface area contributed by atoms with Crippen molar-refractivity contribution in [3.63, 3.8) is 0 Å². The van der Waals surface area contributed by atoms with Gasteiger partial charge in [-0.3, -0.25) is 4.98 Å². The molecule has 5 nitrogen and oxygen atoms in total. The van der Waals surface area contributed by atoms with Gasteiger partial charge in [0.2, 0.25) is 0 Å². The Morgan fingerprint density at radius 3 is 2.54 bits per heavy atom. The van der Waals surface area contributed by atoms with Crippen LogP contribution in [0.2, 0.25) is 5.02 Å². The number of aromatic nitrogens is 1. The number of ether oxygens (including phenoxy) is 1. The number of rotatable bonds is 3. The van der Waals surface area contributed by atoms with Crippen molar-refractivity contribution in [3.8, 4) is 5.75 Å². The van der Waals surface area contributed by atoms with Gasteiger partial charge in [-0.2, -0.15) is 0 Å². The summed E-state index contributed by atoms with van der Waals surface area (Å²) in [6.07, 6.45) is 3.48. The van der Waals surface area contributed by atoms with Crippen LogP contribution in [0.1, 0.15) is 18.5 Å². The van der Waals surface area contributed by atoms with Gasteiger partial charge < -0.3 is 15.0 Å². The summed E-state index contributed by atoms with van der Waals surface area (Å²) in [7, 11) is 0. The largest absolute Gasteiger partial charge is 0.489 e. The van der Waals surface area contributed by atoms with Gasteiger partial charge >= 0.3 is 6.03 Å². The second-order valence-electron chi connectivity index (χ2n) is 5.88. The van der Waals surface area contributed by atoms with Gasteiger partial charge in [0.1, 0.15) is 11.9 Å². The molecular weight excluding hydrogens is 326 g/mol. The molecule has 0 spiro atoms. The third-order valence-corrected chi connectivity index (χ3v) is 4.26. The van der Waals surface area contributed by atoms with Gasteiger partial charge in [0, 0.05) is 42.3 Å². The molecule has 2 aromatic rings. The number of pyridine rings is 1. The zero-order valence-corrected chi connectivity index (χ0v) is 14.3. The summed E-state index contributed by atoms with van der Waals surface area (Å²) < 4.78 is 5.93. The molecule has 2 heterocycles. The fourth-order valence-corrected chi connectivity index (χ4v) is 2.75. The van der Waals surface area contributed by atoms with E-state index < -0.39 is 0 Å². The number of piperidine rings is 1. The number of amides is 2. The van der Waals surface area contributed by atoms with Crippen molar-refractivity contribution in [2.24, 2.45) is 0 Å². The van der Waals surface area contributed by atoms with E-state index in [9.17, 15) is 4.79 Å². The lowest BCUT2D eigenvalue weighted by Crippen LogP contribution is -2.43. The molecule has 1 aliphatic heterocycles. The third-order valence-electron chi connectivity index (χ3n) is 4.01. The van der Waals surface area contributed by atoms with Crippen molar-refractivity contribution in [1.82, 2.24) is 9.88 Å². The molecule has 3 rings (SSSR count). The molecule has 0 aliphatic carbocycles. The number of anilines is 1. The summed E-state index contributed by atoms with van der Waals surface area (Å²) >= 11 is 5.85. The highest BCUT2D eigenvalue weighted by atomic mass is 35.5. The standard InChI is InChI=1S/C18H20ClN3O2/c1-13-2-7-17(12-20-13)24-16-8-10-22(11-9-16)18(23)21-15-5-3-14(19)4-6-15/h2-7,12,16H,8-11H2,1H3,(H,21,23). The molecule has 1 fully saturated rings. The second-order valence-corrected chi connectivity index (χ2v) is 6.31.